The normalized spacial score (nSPS) is 14.5. The number of piperidine rings is 1. The second kappa shape index (κ2) is 14.0. The molecule has 2 amide bonds. The molecule has 0 radical (unpaired) electrons. The Morgan fingerprint density at radius 2 is 1.87 bits per heavy atom. The Morgan fingerprint density at radius 3 is 2.45 bits per heavy atom. The molecule has 2 N–H and O–H groups in total. The van der Waals surface area contributed by atoms with Gasteiger partial charge < -0.3 is 25.2 Å². The van der Waals surface area contributed by atoms with E-state index in [2.05, 4.69) is 15.6 Å². The van der Waals surface area contributed by atoms with Gasteiger partial charge in [-0.2, -0.15) is 0 Å². The van der Waals surface area contributed by atoms with Crippen molar-refractivity contribution in [3.8, 4) is 0 Å². The van der Waals surface area contributed by atoms with Crippen LogP contribution >= 0.6 is 24.0 Å². The van der Waals surface area contributed by atoms with Crippen molar-refractivity contribution in [1.29, 1.82) is 0 Å². The van der Waals surface area contributed by atoms with E-state index in [0.717, 1.165) is 18.4 Å². The number of carbonyl (C=O) groups excluding carboxylic acids is 2. The minimum atomic E-state index is -0.279. The Labute approximate surface area is 200 Å². The van der Waals surface area contributed by atoms with E-state index >= 15 is 0 Å². The number of nitrogens with zero attached hydrogens (tertiary/aromatic N) is 3. The highest BCUT2D eigenvalue weighted by molar-refractivity contribution is 14.0. The van der Waals surface area contributed by atoms with Crippen LogP contribution in [-0.4, -0.2) is 80.7 Å². The quantitative estimate of drug-likeness (QED) is 0.310. The minimum Gasteiger partial charge on any atom is -0.450 e. The lowest BCUT2D eigenvalue weighted by Gasteiger charge is -2.32. The first kappa shape index (κ1) is 26.9. The van der Waals surface area contributed by atoms with Crippen LogP contribution in [0.5, 0.6) is 0 Å². The zero-order chi connectivity index (χ0) is 21.9. The Kier molecular flexibility index (Phi) is 12.2. The molecule has 1 fully saturated rings. The minimum absolute atomic E-state index is 0. The average Bonchev–Trinajstić information content (AvgIpc) is 2.73. The lowest BCUT2D eigenvalue weighted by atomic mass is 10.1. The maximum Gasteiger partial charge on any atom is 0.409 e. The van der Waals surface area contributed by atoms with Gasteiger partial charge in [-0.3, -0.25) is 4.79 Å². The summed E-state index contributed by atoms with van der Waals surface area (Å²) in [5, 5.41) is 6.61. The smallest absolute Gasteiger partial charge is 0.409 e. The van der Waals surface area contributed by atoms with Gasteiger partial charge in [0.25, 0.3) is 0 Å². The van der Waals surface area contributed by atoms with E-state index in [1.54, 1.807) is 38.1 Å². The van der Waals surface area contributed by atoms with Gasteiger partial charge in [-0.05, 0) is 43.9 Å². The molecule has 0 saturated carbocycles. The molecule has 0 aliphatic carbocycles. The molecule has 31 heavy (non-hydrogen) atoms. The fourth-order valence-corrected chi connectivity index (χ4v) is 3.03. The Morgan fingerprint density at radius 1 is 1.23 bits per heavy atom. The zero-order valence-corrected chi connectivity index (χ0v) is 20.7. The van der Waals surface area contributed by atoms with Gasteiger partial charge in [-0.15, -0.1) is 24.0 Å². The molecular formula is C21H33FIN5O3. The molecule has 174 valence electrons. The summed E-state index contributed by atoms with van der Waals surface area (Å²) in [6, 6.07) is 6.53. The first-order valence-electron chi connectivity index (χ1n) is 10.3. The van der Waals surface area contributed by atoms with E-state index in [9.17, 15) is 14.0 Å². The van der Waals surface area contributed by atoms with Crippen molar-refractivity contribution in [2.24, 2.45) is 4.99 Å². The molecule has 0 aromatic heterocycles. The summed E-state index contributed by atoms with van der Waals surface area (Å²) in [5.41, 5.74) is 1.01. The topological polar surface area (TPSA) is 86.3 Å². The summed E-state index contributed by atoms with van der Waals surface area (Å²) in [6.45, 7) is 4.01. The summed E-state index contributed by atoms with van der Waals surface area (Å²) in [7, 11) is 3.38. The third-order valence-corrected chi connectivity index (χ3v) is 4.85. The van der Waals surface area contributed by atoms with Crippen LogP contribution in [0.2, 0.25) is 0 Å². The van der Waals surface area contributed by atoms with Gasteiger partial charge in [0.2, 0.25) is 5.91 Å². The van der Waals surface area contributed by atoms with Gasteiger partial charge in [0.1, 0.15) is 12.4 Å². The molecule has 0 spiro atoms. The van der Waals surface area contributed by atoms with Gasteiger partial charge in [0, 0.05) is 39.8 Å². The number of benzene rings is 1. The predicted octanol–water partition coefficient (Wildman–Crippen LogP) is 2.23. The third-order valence-electron chi connectivity index (χ3n) is 4.85. The van der Waals surface area contributed by atoms with Crippen LogP contribution in [0, 0.1) is 5.82 Å². The molecular weight excluding hydrogens is 516 g/mol. The molecule has 8 nitrogen and oxygen atoms in total. The molecule has 1 aromatic rings. The van der Waals surface area contributed by atoms with E-state index in [1.165, 1.54) is 17.0 Å². The van der Waals surface area contributed by atoms with Crippen LogP contribution in [0.1, 0.15) is 25.3 Å². The number of hydrogen-bond acceptors (Lipinski definition) is 4. The highest BCUT2D eigenvalue weighted by Crippen LogP contribution is 2.11. The molecule has 0 unspecified atom stereocenters. The fourth-order valence-electron chi connectivity index (χ4n) is 3.03. The maximum atomic E-state index is 13.0. The molecule has 1 aromatic carbocycles. The lowest BCUT2D eigenvalue weighted by molar-refractivity contribution is -0.127. The summed E-state index contributed by atoms with van der Waals surface area (Å²) in [4.78, 5) is 31.4. The number of nitrogens with one attached hydrogen (secondary N) is 2. The van der Waals surface area contributed by atoms with Crippen LogP contribution in [0.15, 0.2) is 29.3 Å². The van der Waals surface area contributed by atoms with Gasteiger partial charge >= 0.3 is 6.09 Å². The van der Waals surface area contributed by atoms with Crippen molar-refractivity contribution < 1.29 is 18.7 Å². The van der Waals surface area contributed by atoms with Crippen LogP contribution < -0.4 is 10.6 Å². The van der Waals surface area contributed by atoms with Gasteiger partial charge in [-0.25, -0.2) is 14.2 Å². The van der Waals surface area contributed by atoms with E-state index in [-0.39, 0.29) is 54.4 Å². The second-order valence-electron chi connectivity index (χ2n) is 7.36. The largest absolute Gasteiger partial charge is 0.450 e. The third kappa shape index (κ3) is 9.70. The molecule has 2 rings (SSSR count). The van der Waals surface area contributed by atoms with Crippen molar-refractivity contribution >= 4 is 41.9 Å². The van der Waals surface area contributed by atoms with Crippen LogP contribution in [0.4, 0.5) is 9.18 Å². The number of halogens is 2. The number of likely N-dealkylation sites (N-methyl/N-ethyl adjacent to an activating group) is 1. The maximum absolute atomic E-state index is 13.0. The highest BCUT2D eigenvalue weighted by atomic mass is 127. The van der Waals surface area contributed by atoms with Crippen LogP contribution in [-0.2, 0) is 16.0 Å². The number of aliphatic imine (C=N–C) groups is 1. The molecule has 10 heteroatoms. The predicted molar refractivity (Wildman–Crippen MR) is 129 cm³/mol. The van der Waals surface area contributed by atoms with Crippen molar-refractivity contribution in [2.75, 3.05) is 46.9 Å². The lowest BCUT2D eigenvalue weighted by Crippen LogP contribution is -2.50. The Hall–Kier alpha value is -2.11. The standard InChI is InChI=1S/C21H32FN5O3.HI/c1-4-30-21(29)27-13-10-18(11-14-27)25-20(24-15-19(28)26(2)3)23-12-9-16-5-7-17(22)8-6-16;/h5-8,18H,4,9-15H2,1-3H3,(H2,23,24,25);1H. The Balaban J connectivity index is 0.00000480. The summed E-state index contributed by atoms with van der Waals surface area (Å²) < 4.78 is 18.1. The van der Waals surface area contributed by atoms with Gasteiger partial charge in [0.05, 0.1) is 6.61 Å². The molecule has 0 bridgehead atoms. The van der Waals surface area contributed by atoms with Gasteiger partial charge in [0.15, 0.2) is 5.96 Å². The van der Waals surface area contributed by atoms with Crippen molar-refractivity contribution in [2.45, 2.75) is 32.2 Å². The summed E-state index contributed by atoms with van der Waals surface area (Å²) in [6.07, 6.45) is 1.95. The number of carbonyl (C=O) groups is 2. The second-order valence-corrected chi connectivity index (χ2v) is 7.36. The summed E-state index contributed by atoms with van der Waals surface area (Å²) >= 11 is 0. The first-order chi connectivity index (χ1) is 14.4. The van der Waals surface area contributed by atoms with Crippen LogP contribution in [0.25, 0.3) is 0 Å². The van der Waals surface area contributed by atoms with Crippen molar-refractivity contribution in [1.82, 2.24) is 20.4 Å². The molecule has 1 aliphatic heterocycles. The number of rotatable bonds is 7. The monoisotopic (exact) mass is 549 g/mol. The molecule has 1 aliphatic rings. The number of guanidine groups is 1. The van der Waals surface area contributed by atoms with E-state index in [1.807, 2.05) is 0 Å². The molecule has 0 atom stereocenters. The van der Waals surface area contributed by atoms with Crippen LogP contribution in [0.3, 0.4) is 0 Å². The number of amides is 2. The number of likely N-dealkylation sites (tertiary alicyclic amines) is 1. The van der Waals surface area contributed by atoms with Gasteiger partial charge in [-0.1, -0.05) is 12.1 Å². The van der Waals surface area contributed by atoms with Crippen molar-refractivity contribution in [3.05, 3.63) is 35.6 Å². The number of ether oxygens (including phenoxy) is 1. The fraction of sp³-hybridized carbons (Fsp3) is 0.571. The average molecular weight is 549 g/mol. The highest BCUT2D eigenvalue weighted by Gasteiger charge is 2.24. The zero-order valence-electron chi connectivity index (χ0n) is 18.4. The number of hydrogen-bond donors (Lipinski definition) is 2. The van der Waals surface area contributed by atoms with E-state index < -0.39 is 0 Å². The molecule has 1 heterocycles. The summed E-state index contributed by atoms with van der Waals surface area (Å²) in [5.74, 6) is 0.209. The van der Waals surface area contributed by atoms with E-state index in [4.69, 9.17) is 4.74 Å². The SMILES string of the molecule is CCOC(=O)N1CCC(NC(=NCC(=O)N(C)C)NCCc2ccc(F)cc2)CC1.I. The molecule has 1 saturated heterocycles. The van der Waals surface area contributed by atoms with Crippen molar-refractivity contribution in [3.63, 3.8) is 0 Å². The van der Waals surface area contributed by atoms with E-state index in [0.29, 0.717) is 38.6 Å². The Bertz CT molecular complexity index is 722. The first-order valence-corrected chi connectivity index (χ1v) is 10.3.